The number of carbonyl (C=O) groups is 1. The number of nitrogens with zero attached hydrogens (tertiary/aromatic N) is 1. The molecule has 0 radical (unpaired) electrons. The van der Waals surface area contributed by atoms with Gasteiger partial charge in [0, 0.05) is 6.42 Å². The zero-order valence-electron chi connectivity index (χ0n) is 8.39. The lowest BCUT2D eigenvalue weighted by molar-refractivity contribution is -0.156. The molecule has 1 saturated heterocycles. The van der Waals surface area contributed by atoms with E-state index in [4.69, 9.17) is 5.11 Å². The Bertz CT molecular complexity index is 241. The van der Waals surface area contributed by atoms with Gasteiger partial charge in [-0.05, 0) is 26.8 Å². The van der Waals surface area contributed by atoms with Crippen LogP contribution in [-0.2, 0) is 4.79 Å². The maximum Gasteiger partial charge on any atom is 0.323 e. The second-order valence-electron chi connectivity index (χ2n) is 4.25. The van der Waals surface area contributed by atoms with Crippen LogP contribution in [0.5, 0.6) is 0 Å². The number of piperidine rings is 1. The molecule has 0 aliphatic carbocycles. The molecule has 14 heavy (non-hydrogen) atoms. The molecule has 0 aromatic heterocycles. The molecule has 0 amide bonds. The number of hydrogen-bond donors (Lipinski definition) is 1. The Balaban J connectivity index is 2.74. The third-order valence-corrected chi connectivity index (χ3v) is 2.71. The van der Waals surface area contributed by atoms with Gasteiger partial charge in [0.1, 0.15) is 5.54 Å². The Morgan fingerprint density at radius 1 is 1.50 bits per heavy atom. The van der Waals surface area contributed by atoms with Crippen molar-refractivity contribution >= 4 is 5.97 Å². The highest BCUT2D eigenvalue weighted by molar-refractivity contribution is 5.77. The number of aliphatic carboxylic acids is 1. The normalized spacial score (nSPS) is 23.4. The quantitative estimate of drug-likeness (QED) is 0.747. The average Bonchev–Trinajstić information content (AvgIpc) is 2.02. The highest BCUT2D eigenvalue weighted by atomic mass is 19.3. The summed E-state index contributed by atoms with van der Waals surface area (Å²) in [6.45, 7) is 2.88. The lowest BCUT2D eigenvalue weighted by atomic mass is 9.97. The van der Waals surface area contributed by atoms with E-state index in [0.29, 0.717) is 13.0 Å². The molecule has 0 spiro atoms. The molecule has 0 aromatic carbocycles. The number of alkyl halides is 2. The van der Waals surface area contributed by atoms with Crippen LogP contribution in [0.2, 0.25) is 0 Å². The van der Waals surface area contributed by atoms with Crippen molar-refractivity contribution in [2.45, 2.75) is 38.2 Å². The van der Waals surface area contributed by atoms with E-state index in [0.717, 1.165) is 0 Å². The minimum atomic E-state index is -2.75. The zero-order chi connectivity index (χ0) is 11.0. The molecule has 3 nitrogen and oxygen atoms in total. The first-order chi connectivity index (χ1) is 6.26. The fourth-order valence-corrected chi connectivity index (χ4v) is 1.58. The Morgan fingerprint density at radius 3 is 2.50 bits per heavy atom. The van der Waals surface area contributed by atoms with Gasteiger partial charge in [-0.1, -0.05) is 0 Å². The van der Waals surface area contributed by atoms with E-state index < -0.39 is 24.0 Å². The molecule has 0 unspecified atom stereocenters. The minimum absolute atomic E-state index is 0.140. The Kier molecular flexibility index (Phi) is 2.81. The monoisotopic (exact) mass is 207 g/mol. The SMILES string of the molecule is CC(C)(C(=O)O)N1CCCC(F)(F)C1. The van der Waals surface area contributed by atoms with E-state index in [1.807, 2.05) is 0 Å². The first kappa shape index (κ1) is 11.4. The largest absolute Gasteiger partial charge is 0.480 e. The van der Waals surface area contributed by atoms with Gasteiger partial charge in [0.2, 0.25) is 0 Å². The summed E-state index contributed by atoms with van der Waals surface area (Å²) in [4.78, 5) is 12.2. The number of hydrogen-bond acceptors (Lipinski definition) is 2. The molecular weight excluding hydrogens is 192 g/mol. The summed E-state index contributed by atoms with van der Waals surface area (Å²) >= 11 is 0. The van der Waals surface area contributed by atoms with Crippen LogP contribution in [0, 0.1) is 0 Å². The van der Waals surface area contributed by atoms with Crippen LogP contribution in [0.15, 0.2) is 0 Å². The van der Waals surface area contributed by atoms with Gasteiger partial charge >= 0.3 is 5.97 Å². The molecule has 0 saturated carbocycles. The van der Waals surface area contributed by atoms with Gasteiger partial charge in [-0.3, -0.25) is 9.69 Å². The molecule has 0 atom stereocenters. The predicted octanol–water partition coefficient (Wildman–Crippen LogP) is 1.58. The van der Waals surface area contributed by atoms with Gasteiger partial charge in [-0.2, -0.15) is 0 Å². The first-order valence-corrected chi connectivity index (χ1v) is 4.62. The topological polar surface area (TPSA) is 40.5 Å². The first-order valence-electron chi connectivity index (χ1n) is 4.62. The van der Waals surface area contributed by atoms with Crippen LogP contribution in [0.4, 0.5) is 8.78 Å². The lowest BCUT2D eigenvalue weighted by Crippen LogP contribution is -2.56. The fourth-order valence-electron chi connectivity index (χ4n) is 1.58. The van der Waals surface area contributed by atoms with Crippen LogP contribution in [-0.4, -0.2) is 40.5 Å². The molecule has 1 fully saturated rings. The van der Waals surface area contributed by atoms with Crippen LogP contribution < -0.4 is 0 Å². The highest BCUT2D eigenvalue weighted by Gasteiger charge is 2.43. The molecule has 1 rings (SSSR count). The Morgan fingerprint density at radius 2 is 2.07 bits per heavy atom. The predicted molar refractivity (Wildman–Crippen MR) is 47.5 cm³/mol. The molecule has 1 N–H and O–H groups in total. The summed E-state index contributed by atoms with van der Waals surface area (Å²) in [6.07, 6.45) is 0.211. The number of rotatable bonds is 2. The van der Waals surface area contributed by atoms with Crippen LogP contribution >= 0.6 is 0 Å². The van der Waals surface area contributed by atoms with Gasteiger partial charge in [-0.15, -0.1) is 0 Å². The van der Waals surface area contributed by atoms with E-state index in [-0.39, 0.29) is 6.42 Å². The van der Waals surface area contributed by atoms with Gasteiger partial charge in [0.15, 0.2) is 0 Å². The van der Waals surface area contributed by atoms with Crippen molar-refractivity contribution in [3.8, 4) is 0 Å². The van der Waals surface area contributed by atoms with Crippen molar-refractivity contribution in [1.29, 1.82) is 0 Å². The van der Waals surface area contributed by atoms with Crippen molar-refractivity contribution in [1.82, 2.24) is 4.90 Å². The summed E-state index contributed by atoms with van der Waals surface area (Å²) in [5.41, 5.74) is -1.20. The molecule has 0 bridgehead atoms. The van der Waals surface area contributed by atoms with E-state index in [9.17, 15) is 13.6 Å². The number of likely N-dealkylation sites (tertiary alicyclic amines) is 1. The Hall–Kier alpha value is -0.710. The third-order valence-electron chi connectivity index (χ3n) is 2.71. The highest BCUT2D eigenvalue weighted by Crippen LogP contribution is 2.30. The maximum absolute atomic E-state index is 13.0. The fraction of sp³-hybridized carbons (Fsp3) is 0.889. The lowest BCUT2D eigenvalue weighted by Gasteiger charge is -2.40. The second-order valence-corrected chi connectivity index (χ2v) is 4.25. The molecule has 1 heterocycles. The van der Waals surface area contributed by atoms with Crippen molar-refractivity contribution in [2.75, 3.05) is 13.1 Å². The molecule has 5 heteroatoms. The van der Waals surface area contributed by atoms with E-state index in [1.54, 1.807) is 0 Å². The second kappa shape index (κ2) is 3.46. The molecule has 0 aromatic rings. The minimum Gasteiger partial charge on any atom is -0.480 e. The van der Waals surface area contributed by atoms with Gasteiger partial charge in [0.25, 0.3) is 5.92 Å². The van der Waals surface area contributed by atoms with Crippen molar-refractivity contribution in [2.24, 2.45) is 0 Å². The molecule has 1 aliphatic heterocycles. The summed E-state index contributed by atoms with van der Waals surface area (Å²) in [5, 5.41) is 8.88. The zero-order valence-corrected chi connectivity index (χ0v) is 8.39. The molecule has 1 aliphatic rings. The van der Waals surface area contributed by atoms with Crippen molar-refractivity contribution < 1.29 is 18.7 Å². The van der Waals surface area contributed by atoms with E-state index >= 15 is 0 Å². The van der Waals surface area contributed by atoms with Gasteiger partial charge in [0.05, 0.1) is 6.54 Å². The molecule has 82 valence electrons. The van der Waals surface area contributed by atoms with Crippen LogP contribution in [0.3, 0.4) is 0 Å². The average molecular weight is 207 g/mol. The van der Waals surface area contributed by atoms with Gasteiger partial charge in [-0.25, -0.2) is 8.78 Å². The number of halogens is 2. The summed E-state index contributed by atoms with van der Waals surface area (Å²) in [5.74, 6) is -3.81. The summed E-state index contributed by atoms with van der Waals surface area (Å²) in [6, 6.07) is 0. The van der Waals surface area contributed by atoms with Crippen molar-refractivity contribution in [3.63, 3.8) is 0 Å². The van der Waals surface area contributed by atoms with Crippen LogP contribution in [0.1, 0.15) is 26.7 Å². The number of carboxylic acids is 1. The van der Waals surface area contributed by atoms with E-state index in [2.05, 4.69) is 0 Å². The summed E-state index contributed by atoms with van der Waals surface area (Å²) in [7, 11) is 0. The standard InChI is InChI=1S/C9H15F2NO2/c1-8(2,7(13)14)12-5-3-4-9(10,11)6-12/h3-6H2,1-2H3,(H,13,14). The smallest absolute Gasteiger partial charge is 0.323 e. The summed E-state index contributed by atoms with van der Waals surface area (Å²) < 4.78 is 26.0. The Labute approximate surface area is 81.7 Å². The third kappa shape index (κ3) is 2.20. The van der Waals surface area contributed by atoms with Gasteiger partial charge < -0.3 is 5.11 Å². The molecular formula is C9H15F2NO2. The van der Waals surface area contributed by atoms with E-state index in [1.165, 1.54) is 18.7 Å². The van der Waals surface area contributed by atoms with Crippen molar-refractivity contribution in [3.05, 3.63) is 0 Å². The maximum atomic E-state index is 13.0. The van der Waals surface area contributed by atoms with Crippen LogP contribution in [0.25, 0.3) is 0 Å². The number of carboxylic acid groups (broad SMARTS) is 1.